The molecular formula is C22H14BrClN6O6. The first kappa shape index (κ1) is 24.8. The Balaban J connectivity index is 1.41. The van der Waals surface area contributed by atoms with Crippen molar-refractivity contribution in [1.29, 1.82) is 0 Å². The van der Waals surface area contributed by atoms with Crippen LogP contribution in [0.25, 0.3) is 11.3 Å². The van der Waals surface area contributed by atoms with Crippen LogP contribution in [0, 0.1) is 20.2 Å². The standard InChI is InChI=1S/C22H14BrClN6O6/c23-18-12-28(11-13-1-3-14(4-2-13)29(32)33)27-21(18)22(31)26-25-10-16-6-8-20(36-16)17-9-15(30(34)35)5-7-19(17)24/h1-10,12H,11H2,(H,26,31). The summed E-state index contributed by atoms with van der Waals surface area (Å²) in [4.78, 5) is 33.3. The van der Waals surface area contributed by atoms with Gasteiger partial charge in [0.2, 0.25) is 0 Å². The zero-order valence-electron chi connectivity index (χ0n) is 18.0. The molecule has 0 aliphatic carbocycles. The van der Waals surface area contributed by atoms with E-state index in [9.17, 15) is 25.0 Å². The second-order valence-electron chi connectivity index (χ2n) is 7.27. The number of nitro groups is 2. The van der Waals surface area contributed by atoms with E-state index in [2.05, 4.69) is 31.6 Å². The summed E-state index contributed by atoms with van der Waals surface area (Å²) < 4.78 is 7.55. The van der Waals surface area contributed by atoms with Gasteiger partial charge in [0.15, 0.2) is 5.69 Å². The number of nitro benzene ring substituents is 2. The highest BCUT2D eigenvalue weighted by atomic mass is 79.9. The van der Waals surface area contributed by atoms with Crippen molar-refractivity contribution < 1.29 is 19.1 Å². The van der Waals surface area contributed by atoms with Gasteiger partial charge in [0.05, 0.1) is 32.1 Å². The third-order valence-electron chi connectivity index (χ3n) is 4.83. The van der Waals surface area contributed by atoms with Crippen LogP contribution in [-0.4, -0.2) is 31.7 Å². The van der Waals surface area contributed by atoms with Crippen molar-refractivity contribution in [3.8, 4) is 11.3 Å². The van der Waals surface area contributed by atoms with Gasteiger partial charge in [-0.3, -0.25) is 29.7 Å². The number of furan rings is 1. The number of carbonyl (C=O) groups is 1. The first-order valence-corrected chi connectivity index (χ1v) is 11.2. The van der Waals surface area contributed by atoms with Crippen molar-refractivity contribution in [2.24, 2.45) is 5.10 Å². The van der Waals surface area contributed by atoms with Crippen LogP contribution in [0.5, 0.6) is 0 Å². The summed E-state index contributed by atoms with van der Waals surface area (Å²) in [5.41, 5.74) is 3.38. The van der Waals surface area contributed by atoms with Crippen molar-refractivity contribution in [3.63, 3.8) is 0 Å². The smallest absolute Gasteiger partial charge is 0.293 e. The number of rotatable bonds is 8. The van der Waals surface area contributed by atoms with Crippen molar-refractivity contribution >= 4 is 51.0 Å². The van der Waals surface area contributed by atoms with Crippen LogP contribution in [0.1, 0.15) is 21.8 Å². The van der Waals surface area contributed by atoms with Crippen LogP contribution in [0.4, 0.5) is 11.4 Å². The fourth-order valence-electron chi connectivity index (χ4n) is 3.13. The molecule has 4 rings (SSSR count). The topological polar surface area (TPSA) is 159 Å². The Morgan fingerprint density at radius 3 is 2.50 bits per heavy atom. The normalized spacial score (nSPS) is 11.1. The number of aromatic nitrogens is 2. The molecule has 1 N–H and O–H groups in total. The molecule has 182 valence electrons. The van der Waals surface area contributed by atoms with Crippen LogP contribution >= 0.6 is 27.5 Å². The maximum Gasteiger partial charge on any atom is 0.293 e. The van der Waals surface area contributed by atoms with Gasteiger partial charge in [-0.25, -0.2) is 5.43 Å². The molecule has 0 saturated carbocycles. The predicted molar refractivity (Wildman–Crippen MR) is 133 cm³/mol. The molecule has 1 amide bonds. The van der Waals surface area contributed by atoms with E-state index >= 15 is 0 Å². The molecule has 0 fully saturated rings. The first-order chi connectivity index (χ1) is 17.2. The highest BCUT2D eigenvalue weighted by Crippen LogP contribution is 2.32. The Labute approximate surface area is 215 Å². The third-order valence-corrected chi connectivity index (χ3v) is 5.74. The lowest BCUT2D eigenvalue weighted by Gasteiger charge is -2.01. The number of benzene rings is 2. The highest BCUT2D eigenvalue weighted by molar-refractivity contribution is 9.10. The average Bonchev–Trinajstić information content (AvgIpc) is 3.46. The minimum absolute atomic E-state index is 0.0184. The van der Waals surface area contributed by atoms with E-state index in [1.807, 2.05) is 0 Å². The number of non-ortho nitro benzene ring substituents is 2. The van der Waals surface area contributed by atoms with E-state index in [1.165, 1.54) is 41.2 Å². The van der Waals surface area contributed by atoms with Gasteiger partial charge in [-0.2, -0.15) is 10.2 Å². The van der Waals surface area contributed by atoms with E-state index in [4.69, 9.17) is 16.0 Å². The molecule has 14 heteroatoms. The van der Waals surface area contributed by atoms with Gasteiger partial charge in [0.25, 0.3) is 17.3 Å². The highest BCUT2D eigenvalue weighted by Gasteiger charge is 2.16. The van der Waals surface area contributed by atoms with Gasteiger partial charge in [0, 0.05) is 36.0 Å². The molecule has 2 heterocycles. The van der Waals surface area contributed by atoms with E-state index in [-0.39, 0.29) is 27.9 Å². The number of hydrogen-bond donors (Lipinski definition) is 1. The molecule has 0 saturated heterocycles. The molecule has 0 spiro atoms. The second-order valence-corrected chi connectivity index (χ2v) is 8.53. The Morgan fingerprint density at radius 1 is 1.11 bits per heavy atom. The zero-order chi connectivity index (χ0) is 25.8. The summed E-state index contributed by atoms with van der Waals surface area (Å²) in [7, 11) is 0. The molecule has 0 bridgehead atoms. The average molecular weight is 574 g/mol. The minimum atomic E-state index is -0.589. The van der Waals surface area contributed by atoms with E-state index in [0.717, 1.165) is 5.56 Å². The number of nitrogens with one attached hydrogen (secondary N) is 1. The van der Waals surface area contributed by atoms with Crippen molar-refractivity contribution in [1.82, 2.24) is 15.2 Å². The van der Waals surface area contributed by atoms with Crippen LogP contribution in [0.2, 0.25) is 5.02 Å². The molecule has 12 nitrogen and oxygen atoms in total. The Kier molecular flexibility index (Phi) is 7.22. The SMILES string of the molecule is O=C(NN=Cc1ccc(-c2cc([N+](=O)[O-])ccc2Cl)o1)c1nn(Cc2ccc([N+](=O)[O-])cc2)cc1Br. The quantitative estimate of drug-likeness (QED) is 0.172. The molecule has 0 unspecified atom stereocenters. The molecule has 36 heavy (non-hydrogen) atoms. The van der Waals surface area contributed by atoms with Crippen LogP contribution in [-0.2, 0) is 6.54 Å². The maximum absolute atomic E-state index is 12.5. The van der Waals surface area contributed by atoms with Gasteiger partial charge in [-0.05, 0) is 39.7 Å². The summed E-state index contributed by atoms with van der Waals surface area (Å²) >= 11 is 9.42. The maximum atomic E-state index is 12.5. The van der Waals surface area contributed by atoms with Crippen LogP contribution in [0.15, 0.2) is 74.8 Å². The number of hydrazone groups is 1. The lowest BCUT2D eigenvalue weighted by molar-refractivity contribution is -0.385. The summed E-state index contributed by atoms with van der Waals surface area (Å²) in [6.45, 7) is 0.294. The van der Waals surface area contributed by atoms with Crippen LogP contribution < -0.4 is 5.43 Å². The third kappa shape index (κ3) is 5.64. The number of halogens is 2. The lowest BCUT2D eigenvalue weighted by Crippen LogP contribution is -2.19. The Morgan fingerprint density at radius 2 is 1.81 bits per heavy atom. The van der Waals surface area contributed by atoms with Crippen molar-refractivity contribution in [2.75, 3.05) is 0 Å². The van der Waals surface area contributed by atoms with Crippen molar-refractivity contribution in [3.05, 3.63) is 108 Å². The summed E-state index contributed by atoms with van der Waals surface area (Å²) in [6, 6.07) is 13.1. The molecule has 0 radical (unpaired) electrons. The van der Waals surface area contributed by atoms with Gasteiger partial charge in [0.1, 0.15) is 11.5 Å². The number of amides is 1. The lowest BCUT2D eigenvalue weighted by atomic mass is 10.1. The fourth-order valence-corrected chi connectivity index (χ4v) is 3.84. The summed E-state index contributed by atoms with van der Waals surface area (Å²) in [5, 5.41) is 30.1. The predicted octanol–water partition coefficient (Wildman–Crippen LogP) is 5.19. The molecule has 4 aromatic rings. The monoisotopic (exact) mass is 572 g/mol. The van der Waals surface area contributed by atoms with Gasteiger partial charge in [-0.1, -0.05) is 23.7 Å². The molecule has 0 aliphatic rings. The Bertz CT molecular complexity index is 1500. The van der Waals surface area contributed by atoms with Gasteiger partial charge >= 0.3 is 0 Å². The summed E-state index contributed by atoms with van der Waals surface area (Å²) in [6.07, 6.45) is 2.86. The molecule has 0 atom stereocenters. The minimum Gasteiger partial charge on any atom is -0.455 e. The van der Waals surface area contributed by atoms with Crippen LogP contribution in [0.3, 0.4) is 0 Å². The van der Waals surface area contributed by atoms with Gasteiger partial charge in [-0.15, -0.1) is 0 Å². The first-order valence-electron chi connectivity index (χ1n) is 10.0. The van der Waals surface area contributed by atoms with Gasteiger partial charge < -0.3 is 4.42 Å². The molecule has 0 aliphatic heterocycles. The number of nitrogens with zero attached hydrogens (tertiary/aromatic N) is 5. The summed E-state index contributed by atoms with van der Waals surface area (Å²) in [5.74, 6) is -0.0195. The van der Waals surface area contributed by atoms with E-state index < -0.39 is 15.8 Å². The zero-order valence-corrected chi connectivity index (χ0v) is 20.3. The van der Waals surface area contributed by atoms with E-state index in [0.29, 0.717) is 22.3 Å². The molecular weight excluding hydrogens is 560 g/mol. The van der Waals surface area contributed by atoms with E-state index in [1.54, 1.807) is 30.5 Å². The largest absolute Gasteiger partial charge is 0.455 e. The second kappa shape index (κ2) is 10.5. The number of carbonyl (C=O) groups excluding carboxylic acids is 1. The molecule has 2 aromatic carbocycles. The number of hydrogen-bond acceptors (Lipinski definition) is 8. The van der Waals surface area contributed by atoms with Crippen molar-refractivity contribution in [2.45, 2.75) is 6.54 Å². The Hall–Kier alpha value is -4.36. The molecule has 2 aromatic heterocycles. The fraction of sp³-hybridized carbons (Fsp3) is 0.0455.